The summed E-state index contributed by atoms with van der Waals surface area (Å²) in [6.45, 7) is 7.11. The Kier molecular flexibility index (Phi) is 7.17. The number of amides is 1. The van der Waals surface area contributed by atoms with Gasteiger partial charge < -0.3 is 15.2 Å². The minimum absolute atomic E-state index is 0.00824. The van der Waals surface area contributed by atoms with Gasteiger partial charge in [0, 0.05) is 6.54 Å². The monoisotopic (exact) mass is 348 g/mol. The predicted molar refractivity (Wildman–Crippen MR) is 84.3 cm³/mol. The number of ether oxygens (including phenoxy) is 1. The first-order valence-electron chi connectivity index (χ1n) is 7.42. The van der Waals surface area contributed by atoms with Crippen LogP contribution in [0.1, 0.15) is 20.3 Å². The first kappa shape index (κ1) is 19.6. The normalized spacial score (nSPS) is 20.1. The number of aliphatic carboxylic acids is 1. The summed E-state index contributed by atoms with van der Waals surface area (Å²) in [7, 11) is -3.47. The van der Waals surface area contributed by atoms with Crippen LogP contribution in [-0.4, -0.2) is 67.3 Å². The third kappa shape index (κ3) is 5.29. The second-order valence-corrected chi connectivity index (χ2v) is 7.74. The molecule has 9 heteroatoms. The van der Waals surface area contributed by atoms with E-state index in [0.29, 0.717) is 6.42 Å². The van der Waals surface area contributed by atoms with Gasteiger partial charge >= 0.3 is 5.97 Å². The molecular weight excluding hydrogens is 324 g/mol. The molecule has 1 amide bonds. The van der Waals surface area contributed by atoms with Crippen LogP contribution in [0.3, 0.4) is 0 Å². The number of hydrogen-bond acceptors (Lipinski definition) is 5. The average molecular weight is 348 g/mol. The maximum Gasteiger partial charge on any atom is 0.328 e. The minimum atomic E-state index is -3.47. The van der Waals surface area contributed by atoms with E-state index in [1.54, 1.807) is 13.8 Å². The fraction of sp³-hybridized carbons (Fsp3) is 0.714. The van der Waals surface area contributed by atoms with Crippen molar-refractivity contribution in [3.05, 3.63) is 12.7 Å². The molecule has 1 heterocycles. The molecule has 132 valence electrons. The van der Waals surface area contributed by atoms with Crippen LogP contribution in [0.5, 0.6) is 0 Å². The molecule has 0 saturated carbocycles. The lowest BCUT2D eigenvalue weighted by molar-refractivity contribution is -0.144. The highest BCUT2D eigenvalue weighted by atomic mass is 32.2. The van der Waals surface area contributed by atoms with E-state index in [2.05, 4.69) is 11.9 Å². The third-order valence-corrected chi connectivity index (χ3v) is 5.41. The van der Waals surface area contributed by atoms with Gasteiger partial charge in [-0.3, -0.25) is 4.79 Å². The molecule has 0 aromatic heterocycles. The maximum absolute atomic E-state index is 12.5. The van der Waals surface area contributed by atoms with Gasteiger partial charge in [0.1, 0.15) is 6.04 Å². The summed E-state index contributed by atoms with van der Waals surface area (Å²) >= 11 is 0. The number of nitrogens with one attached hydrogen (secondary N) is 1. The van der Waals surface area contributed by atoms with Crippen LogP contribution >= 0.6 is 0 Å². The van der Waals surface area contributed by atoms with Crippen LogP contribution in [0.2, 0.25) is 0 Å². The van der Waals surface area contributed by atoms with E-state index in [1.165, 1.54) is 6.08 Å². The highest BCUT2D eigenvalue weighted by Gasteiger charge is 2.40. The van der Waals surface area contributed by atoms with Crippen LogP contribution < -0.4 is 5.32 Å². The molecule has 0 radical (unpaired) electrons. The Balaban J connectivity index is 2.84. The van der Waals surface area contributed by atoms with Crippen LogP contribution in [0.25, 0.3) is 0 Å². The zero-order chi connectivity index (χ0) is 17.6. The van der Waals surface area contributed by atoms with Crippen molar-refractivity contribution >= 4 is 21.9 Å². The van der Waals surface area contributed by atoms with Gasteiger partial charge in [-0.05, 0) is 12.3 Å². The van der Waals surface area contributed by atoms with Crippen LogP contribution in [0.15, 0.2) is 12.7 Å². The number of carboxylic acids is 1. The van der Waals surface area contributed by atoms with Crippen molar-refractivity contribution in [2.75, 3.05) is 25.5 Å². The molecule has 0 aromatic rings. The first-order chi connectivity index (χ1) is 10.7. The Morgan fingerprint density at radius 2 is 2.09 bits per heavy atom. The summed E-state index contributed by atoms with van der Waals surface area (Å²) in [5.41, 5.74) is 0. The Labute approximate surface area is 136 Å². The largest absolute Gasteiger partial charge is 0.480 e. The van der Waals surface area contributed by atoms with Crippen molar-refractivity contribution < 1.29 is 27.9 Å². The molecule has 1 aliphatic heterocycles. The molecule has 1 aliphatic rings. The topological polar surface area (TPSA) is 113 Å². The molecule has 2 atom stereocenters. The smallest absolute Gasteiger partial charge is 0.328 e. The van der Waals surface area contributed by atoms with Gasteiger partial charge in [0.25, 0.3) is 0 Å². The average Bonchev–Trinajstić information content (AvgIpc) is 2.77. The SMILES string of the molecule is C=CCOCC(NC(=O)C(C(C)C)N1CCCS1(=O)=O)C(=O)O. The lowest BCUT2D eigenvalue weighted by Gasteiger charge is -2.29. The predicted octanol–water partition coefficient (Wildman–Crippen LogP) is -0.181. The minimum Gasteiger partial charge on any atom is -0.480 e. The fourth-order valence-electron chi connectivity index (χ4n) is 2.44. The molecule has 8 nitrogen and oxygen atoms in total. The van der Waals surface area contributed by atoms with Gasteiger partial charge in [-0.15, -0.1) is 6.58 Å². The van der Waals surface area contributed by atoms with Crippen molar-refractivity contribution in [3.63, 3.8) is 0 Å². The maximum atomic E-state index is 12.5. The van der Waals surface area contributed by atoms with Crippen molar-refractivity contribution in [2.24, 2.45) is 5.92 Å². The van der Waals surface area contributed by atoms with Gasteiger partial charge in [0.05, 0.1) is 19.0 Å². The Morgan fingerprint density at radius 3 is 2.52 bits per heavy atom. The Morgan fingerprint density at radius 1 is 1.43 bits per heavy atom. The number of carboxylic acid groups (broad SMARTS) is 1. The summed E-state index contributed by atoms with van der Waals surface area (Å²) in [6.07, 6.45) is 1.93. The number of carbonyl (C=O) groups is 2. The second-order valence-electron chi connectivity index (χ2n) is 5.69. The summed E-state index contributed by atoms with van der Waals surface area (Å²) in [6, 6.07) is -2.17. The lowest BCUT2D eigenvalue weighted by atomic mass is 10.0. The van der Waals surface area contributed by atoms with Crippen LogP contribution in [0.4, 0.5) is 0 Å². The van der Waals surface area contributed by atoms with Gasteiger partial charge in [0.2, 0.25) is 15.9 Å². The first-order valence-corrected chi connectivity index (χ1v) is 9.03. The molecule has 1 rings (SSSR count). The van der Waals surface area contributed by atoms with Crippen molar-refractivity contribution in [1.29, 1.82) is 0 Å². The second kappa shape index (κ2) is 8.42. The van der Waals surface area contributed by atoms with Gasteiger partial charge in [-0.1, -0.05) is 19.9 Å². The van der Waals surface area contributed by atoms with E-state index in [4.69, 9.17) is 9.84 Å². The van der Waals surface area contributed by atoms with Gasteiger partial charge in [-0.2, -0.15) is 4.31 Å². The standard InChI is InChI=1S/C14H24N2O6S/c1-4-7-22-9-11(14(18)19)15-13(17)12(10(2)3)16-6-5-8-23(16,20)21/h4,10-12H,1,5-9H2,2-3H3,(H,15,17)(H,18,19). The molecular formula is C14H24N2O6S. The van der Waals surface area contributed by atoms with E-state index in [0.717, 1.165) is 4.31 Å². The molecule has 0 aromatic carbocycles. The molecule has 2 N–H and O–H groups in total. The van der Waals surface area contributed by atoms with Crippen LogP contribution in [-0.2, 0) is 24.3 Å². The molecule has 0 bridgehead atoms. The molecule has 23 heavy (non-hydrogen) atoms. The summed E-state index contributed by atoms with van der Waals surface area (Å²) in [5, 5.41) is 11.5. The zero-order valence-electron chi connectivity index (χ0n) is 13.4. The zero-order valence-corrected chi connectivity index (χ0v) is 14.2. The van der Waals surface area contributed by atoms with Crippen LogP contribution in [0, 0.1) is 5.92 Å². The highest BCUT2D eigenvalue weighted by molar-refractivity contribution is 7.89. The quantitative estimate of drug-likeness (QED) is 0.441. The molecule has 1 fully saturated rings. The lowest BCUT2D eigenvalue weighted by Crippen LogP contribution is -2.55. The van der Waals surface area contributed by atoms with Crippen molar-refractivity contribution in [2.45, 2.75) is 32.4 Å². The van der Waals surface area contributed by atoms with Gasteiger partial charge in [-0.25, -0.2) is 13.2 Å². The van der Waals surface area contributed by atoms with Crippen molar-refractivity contribution in [3.8, 4) is 0 Å². The van der Waals surface area contributed by atoms with Crippen molar-refractivity contribution in [1.82, 2.24) is 9.62 Å². The van der Waals surface area contributed by atoms with E-state index in [1.807, 2.05) is 0 Å². The molecule has 0 spiro atoms. The molecule has 1 saturated heterocycles. The fourth-order valence-corrected chi connectivity index (χ4v) is 4.26. The van der Waals surface area contributed by atoms with Gasteiger partial charge in [0.15, 0.2) is 6.04 Å². The molecule has 2 unspecified atom stereocenters. The number of hydrogen-bond donors (Lipinski definition) is 2. The Bertz CT molecular complexity index is 545. The number of rotatable bonds is 9. The number of sulfonamides is 1. The highest BCUT2D eigenvalue weighted by Crippen LogP contribution is 2.22. The third-order valence-electron chi connectivity index (χ3n) is 3.48. The summed E-state index contributed by atoms with van der Waals surface area (Å²) in [4.78, 5) is 23.7. The summed E-state index contributed by atoms with van der Waals surface area (Å²) < 4.78 is 30.3. The van der Waals surface area contributed by atoms with E-state index in [-0.39, 0.29) is 31.4 Å². The number of carbonyl (C=O) groups excluding carboxylic acids is 1. The number of nitrogens with zero attached hydrogens (tertiary/aromatic N) is 1. The van der Waals surface area contributed by atoms with E-state index in [9.17, 15) is 18.0 Å². The van der Waals surface area contributed by atoms with E-state index < -0.39 is 34.0 Å². The molecule has 0 aliphatic carbocycles. The summed E-state index contributed by atoms with van der Waals surface area (Å²) in [5.74, 6) is -2.14. The van der Waals surface area contributed by atoms with E-state index >= 15 is 0 Å². The Hall–Kier alpha value is -1.45.